The number of hydrogen-bond donors (Lipinski definition) is 3. The molecule has 0 radical (unpaired) electrons. The van der Waals surface area contributed by atoms with Gasteiger partial charge in [0.1, 0.15) is 0 Å². The summed E-state index contributed by atoms with van der Waals surface area (Å²) >= 11 is 4.14. The number of rotatable bonds is 3. The van der Waals surface area contributed by atoms with E-state index in [2.05, 4.69) is 23.3 Å². The summed E-state index contributed by atoms with van der Waals surface area (Å²) in [5.41, 5.74) is 0. The molecule has 2 unspecified atom stereocenters. The third kappa shape index (κ3) is 3.21. The lowest BCUT2D eigenvalue weighted by Crippen LogP contribution is -2.49. The van der Waals surface area contributed by atoms with Crippen LogP contribution in [-0.4, -0.2) is 29.7 Å². The maximum Gasteiger partial charge on any atom is 0.233 e. The van der Waals surface area contributed by atoms with Crippen molar-refractivity contribution < 1.29 is 9.59 Å². The van der Waals surface area contributed by atoms with Gasteiger partial charge < -0.3 is 10.6 Å². The molecule has 5 heteroatoms. The maximum absolute atomic E-state index is 11.4. The minimum absolute atomic E-state index is 0.0445. The number of hydrogen-bond acceptors (Lipinski definition) is 3. The van der Waals surface area contributed by atoms with Gasteiger partial charge in [0.2, 0.25) is 11.8 Å². The normalized spacial score (nSPS) is 23.9. The molecule has 2 N–H and O–H groups in total. The van der Waals surface area contributed by atoms with Gasteiger partial charge in [0, 0.05) is 19.0 Å². The van der Waals surface area contributed by atoms with E-state index in [1.807, 2.05) is 6.92 Å². The van der Waals surface area contributed by atoms with E-state index in [0.717, 1.165) is 6.42 Å². The molecule has 2 amide bonds. The first-order valence-electron chi connectivity index (χ1n) is 4.88. The molecule has 1 heterocycles. The SMILES string of the molecule is CCC(S)C(=O)NC1CCC(=O)NC1. The molecule has 4 nitrogen and oxygen atoms in total. The minimum Gasteiger partial charge on any atom is -0.354 e. The van der Waals surface area contributed by atoms with Crippen LogP contribution in [0.25, 0.3) is 0 Å². The van der Waals surface area contributed by atoms with Gasteiger partial charge in [0.15, 0.2) is 0 Å². The van der Waals surface area contributed by atoms with Crippen molar-refractivity contribution in [3.8, 4) is 0 Å². The van der Waals surface area contributed by atoms with Gasteiger partial charge in [-0.1, -0.05) is 6.92 Å². The van der Waals surface area contributed by atoms with E-state index in [1.165, 1.54) is 0 Å². The number of carbonyl (C=O) groups excluding carboxylic acids is 2. The predicted molar refractivity (Wildman–Crippen MR) is 57.2 cm³/mol. The molecule has 1 aliphatic heterocycles. The molecule has 2 atom stereocenters. The fraction of sp³-hybridized carbons (Fsp3) is 0.778. The first kappa shape index (κ1) is 11.4. The number of carbonyl (C=O) groups is 2. The van der Waals surface area contributed by atoms with Crippen LogP contribution in [0.4, 0.5) is 0 Å². The summed E-state index contributed by atoms with van der Waals surface area (Å²) in [5.74, 6) is 0.0189. The number of nitrogens with one attached hydrogen (secondary N) is 2. The van der Waals surface area contributed by atoms with Crippen molar-refractivity contribution in [3.05, 3.63) is 0 Å². The van der Waals surface area contributed by atoms with Crippen molar-refractivity contribution >= 4 is 24.4 Å². The second kappa shape index (κ2) is 5.24. The smallest absolute Gasteiger partial charge is 0.233 e. The van der Waals surface area contributed by atoms with E-state index in [1.54, 1.807) is 0 Å². The van der Waals surface area contributed by atoms with Crippen LogP contribution in [0.2, 0.25) is 0 Å². The molecule has 14 heavy (non-hydrogen) atoms. The first-order valence-corrected chi connectivity index (χ1v) is 5.40. The lowest BCUT2D eigenvalue weighted by molar-refractivity contribution is -0.125. The zero-order valence-electron chi connectivity index (χ0n) is 8.25. The second-order valence-electron chi connectivity index (χ2n) is 3.47. The molecule has 0 saturated carbocycles. The number of amides is 2. The average Bonchev–Trinajstić information content (AvgIpc) is 2.20. The number of piperidine rings is 1. The third-order valence-electron chi connectivity index (χ3n) is 2.30. The van der Waals surface area contributed by atoms with Crippen molar-refractivity contribution in [1.82, 2.24) is 10.6 Å². The highest BCUT2D eigenvalue weighted by atomic mass is 32.1. The van der Waals surface area contributed by atoms with Crippen LogP contribution < -0.4 is 10.6 Å². The molecular formula is C9H16N2O2S. The summed E-state index contributed by atoms with van der Waals surface area (Å²) in [4.78, 5) is 22.3. The van der Waals surface area contributed by atoms with Gasteiger partial charge >= 0.3 is 0 Å². The van der Waals surface area contributed by atoms with Gasteiger partial charge in [-0.3, -0.25) is 9.59 Å². The van der Waals surface area contributed by atoms with Crippen LogP contribution in [0.5, 0.6) is 0 Å². The standard InChI is InChI=1S/C9H16N2O2S/c1-2-7(14)9(13)11-6-3-4-8(12)10-5-6/h6-7,14H,2-5H2,1H3,(H,10,12)(H,11,13). The van der Waals surface area contributed by atoms with Crippen molar-refractivity contribution in [2.75, 3.05) is 6.54 Å². The average molecular weight is 216 g/mol. The largest absolute Gasteiger partial charge is 0.354 e. The zero-order valence-corrected chi connectivity index (χ0v) is 9.14. The monoisotopic (exact) mass is 216 g/mol. The van der Waals surface area contributed by atoms with Gasteiger partial charge in [0.25, 0.3) is 0 Å². The number of thiol groups is 1. The predicted octanol–water partition coefficient (Wildman–Crippen LogP) is 0.0896. The Kier molecular flexibility index (Phi) is 4.25. The molecule has 0 bridgehead atoms. The first-order chi connectivity index (χ1) is 6.63. The van der Waals surface area contributed by atoms with E-state index < -0.39 is 0 Å². The van der Waals surface area contributed by atoms with Gasteiger partial charge in [0.05, 0.1) is 5.25 Å². The molecule has 1 fully saturated rings. The van der Waals surface area contributed by atoms with Gasteiger partial charge in [-0.2, -0.15) is 12.6 Å². The molecular weight excluding hydrogens is 200 g/mol. The van der Waals surface area contributed by atoms with Gasteiger partial charge in [-0.25, -0.2) is 0 Å². The van der Waals surface area contributed by atoms with Gasteiger partial charge in [-0.15, -0.1) is 0 Å². The maximum atomic E-state index is 11.4. The Hall–Kier alpha value is -0.710. The van der Waals surface area contributed by atoms with E-state index in [9.17, 15) is 9.59 Å². The third-order valence-corrected chi connectivity index (χ3v) is 2.90. The Morgan fingerprint density at radius 2 is 2.50 bits per heavy atom. The summed E-state index contributed by atoms with van der Waals surface area (Å²) < 4.78 is 0. The molecule has 0 aromatic carbocycles. The molecule has 1 rings (SSSR count). The second-order valence-corrected chi connectivity index (χ2v) is 4.10. The Morgan fingerprint density at radius 3 is 3.00 bits per heavy atom. The lowest BCUT2D eigenvalue weighted by Gasteiger charge is -2.24. The highest BCUT2D eigenvalue weighted by molar-refractivity contribution is 7.81. The Labute approximate surface area is 89.2 Å². The molecule has 0 aliphatic carbocycles. The Bertz CT molecular complexity index is 223. The highest BCUT2D eigenvalue weighted by Crippen LogP contribution is 2.05. The van der Waals surface area contributed by atoms with Crippen LogP contribution >= 0.6 is 12.6 Å². The molecule has 0 spiro atoms. The zero-order chi connectivity index (χ0) is 10.6. The van der Waals surface area contributed by atoms with E-state index in [0.29, 0.717) is 19.4 Å². The molecule has 0 aromatic rings. The van der Waals surface area contributed by atoms with E-state index >= 15 is 0 Å². The van der Waals surface area contributed by atoms with Crippen LogP contribution in [0.3, 0.4) is 0 Å². The van der Waals surface area contributed by atoms with Crippen molar-refractivity contribution in [1.29, 1.82) is 0 Å². The molecule has 0 aromatic heterocycles. The molecule has 80 valence electrons. The van der Waals surface area contributed by atoms with Crippen molar-refractivity contribution in [2.24, 2.45) is 0 Å². The van der Waals surface area contributed by atoms with Crippen molar-refractivity contribution in [2.45, 2.75) is 37.5 Å². The van der Waals surface area contributed by atoms with Crippen molar-refractivity contribution in [3.63, 3.8) is 0 Å². The quantitative estimate of drug-likeness (QED) is 0.586. The molecule has 1 saturated heterocycles. The topological polar surface area (TPSA) is 58.2 Å². The Balaban J connectivity index is 2.30. The van der Waals surface area contributed by atoms with Gasteiger partial charge in [-0.05, 0) is 12.8 Å². The highest BCUT2D eigenvalue weighted by Gasteiger charge is 2.21. The summed E-state index contributed by atoms with van der Waals surface area (Å²) in [5, 5.41) is 5.33. The molecule has 1 aliphatic rings. The summed E-state index contributed by atoms with van der Waals surface area (Å²) in [6.45, 7) is 2.45. The fourth-order valence-corrected chi connectivity index (χ4v) is 1.41. The van der Waals surface area contributed by atoms with Crippen LogP contribution in [0.15, 0.2) is 0 Å². The summed E-state index contributed by atoms with van der Waals surface area (Å²) in [6.07, 6.45) is 1.93. The van der Waals surface area contributed by atoms with Crippen LogP contribution in [-0.2, 0) is 9.59 Å². The lowest BCUT2D eigenvalue weighted by atomic mass is 10.1. The van der Waals surface area contributed by atoms with Crippen LogP contribution in [0.1, 0.15) is 26.2 Å². The summed E-state index contributed by atoms with van der Waals surface area (Å²) in [7, 11) is 0. The summed E-state index contributed by atoms with van der Waals surface area (Å²) in [6, 6.07) is 0.0707. The fourth-order valence-electron chi connectivity index (χ4n) is 1.34. The van der Waals surface area contributed by atoms with Crippen LogP contribution in [0, 0.1) is 0 Å². The van der Waals surface area contributed by atoms with E-state index in [-0.39, 0.29) is 23.1 Å². The van der Waals surface area contributed by atoms with E-state index in [4.69, 9.17) is 0 Å². The minimum atomic E-state index is -0.243. The Morgan fingerprint density at radius 1 is 1.79 bits per heavy atom.